The molecule has 2 heterocycles. The average Bonchev–Trinajstić information content (AvgIpc) is 3.06. The predicted octanol–water partition coefficient (Wildman–Crippen LogP) is 0.525. The van der Waals surface area contributed by atoms with Crippen LogP contribution in [0.15, 0.2) is 0 Å². The third-order valence-corrected chi connectivity index (χ3v) is 4.26. The molecule has 1 aliphatic carbocycles. The fraction of sp³-hybridized carbons (Fsp3) is 0.833. The highest BCUT2D eigenvalue weighted by Gasteiger charge is 2.43. The van der Waals surface area contributed by atoms with Gasteiger partial charge in [0.25, 0.3) is 0 Å². The van der Waals surface area contributed by atoms with E-state index in [1.54, 1.807) is 0 Å². The van der Waals surface area contributed by atoms with Gasteiger partial charge in [-0.3, -0.25) is 9.59 Å². The molecule has 2 saturated heterocycles. The Labute approximate surface area is 95.4 Å². The van der Waals surface area contributed by atoms with E-state index in [1.165, 1.54) is 0 Å². The Morgan fingerprint density at radius 3 is 2.50 bits per heavy atom. The third kappa shape index (κ3) is 1.70. The van der Waals surface area contributed by atoms with Gasteiger partial charge in [-0.2, -0.15) is 0 Å². The van der Waals surface area contributed by atoms with Crippen molar-refractivity contribution in [3.63, 3.8) is 0 Å². The molecule has 3 aliphatic rings. The van der Waals surface area contributed by atoms with Gasteiger partial charge >= 0.3 is 0 Å². The minimum atomic E-state index is 0.164. The van der Waals surface area contributed by atoms with Gasteiger partial charge in [0.05, 0.1) is 0 Å². The Kier molecular flexibility index (Phi) is 2.19. The van der Waals surface area contributed by atoms with Crippen LogP contribution < -0.4 is 5.32 Å². The second kappa shape index (κ2) is 3.47. The molecule has 3 rings (SSSR count). The molecule has 3 fully saturated rings. The largest absolute Gasteiger partial charge is 0.356 e. The van der Waals surface area contributed by atoms with Gasteiger partial charge in [0, 0.05) is 32.0 Å². The SMILES string of the molecule is O=C1CC2(CCN(C(=O)C3CC3)CC2)CN1. The van der Waals surface area contributed by atoms with E-state index in [9.17, 15) is 9.59 Å². The molecule has 0 aromatic heterocycles. The lowest BCUT2D eigenvalue weighted by Crippen LogP contribution is -2.44. The predicted molar refractivity (Wildman–Crippen MR) is 58.6 cm³/mol. The second-order valence-corrected chi connectivity index (χ2v) is 5.55. The summed E-state index contributed by atoms with van der Waals surface area (Å²) in [7, 11) is 0. The second-order valence-electron chi connectivity index (χ2n) is 5.55. The Morgan fingerprint density at radius 1 is 1.31 bits per heavy atom. The van der Waals surface area contributed by atoms with Gasteiger partial charge in [0.1, 0.15) is 0 Å². The van der Waals surface area contributed by atoms with Gasteiger partial charge in [-0.05, 0) is 31.1 Å². The van der Waals surface area contributed by atoms with E-state index in [1.807, 2.05) is 4.90 Å². The standard InChI is InChI=1S/C12H18N2O2/c15-10-7-12(8-13-10)3-5-14(6-4-12)11(16)9-1-2-9/h9H,1-8H2,(H,13,15). The highest BCUT2D eigenvalue weighted by Crippen LogP contribution is 2.39. The number of rotatable bonds is 1. The van der Waals surface area contributed by atoms with Crippen molar-refractivity contribution >= 4 is 11.8 Å². The molecule has 1 saturated carbocycles. The first-order valence-corrected chi connectivity index (χ1v) is 6.24. The number of carbonyl (C=O) groups excluding carboxylic acids is 2. The molecule has 16 heavy (non-hydrogen) atoms. The van der Waals surface area contributed by atoms with Crippen LogP contribution in [0.2, 0.25) is 0 Å². The van der Waals surface area contributed by atoms with E-state index in [4.69, 9.17) is 0 Å². The lowest BCUT2D eigenvalue weighted by molar-refractivity contribution is -0.134. The molecule has 1 N–H and O–H groups in total. The fourth-order valence-corrected chi connectivity index (χ4v) is 2.90. The summed E-state index contributed by atoms with van der Waals surface area (Å²) >= 11 is 0. The number of piperidine rings is 1. The van der Waals surface area contributed by atoms with E-state index in [0.717, 1.165) is 45.3 Å². The van der Waals surface area contributed by atoms with Crippen LogP contribution >= 0.6 is 0 Å². The van der Waals surface area contributed by atoms with E-state index in [-0.39, 0.29) is 11.3 Å². The van der Waals surface area contributed by atoms with Crippen molar-refractivity contribution in [2.24, 2.45) is 11.3 Å². The summed E-state index contributed by atoms with van der Waals surface area (Å²) in [5.41, 5.74) is 0.164. The van der Waals surface area contributed by atoms with E-state index < -0.39 is 0 Å². The number of nitrogens with one attached hydrogen (secondary N) is 1. The monoisotopic (exact) mass is 222 g/mol. The van der Waals surface area contributed by atoms with Gasteiger partial charge in [-0.15, -0.1) is 0 Å². The minimum absolute atomic E-state index is 0.164. The van der Waals surface area contributed by atoms with Crippen LogP contribution in [0.25, 0.3) is 0 Å². The molecular weight excluding hydrogens is 204 g/mol. The van der Waals surface area contributed by atoms with E-state index >= 15 is 0 Å². The van der Waals surface area contributed by atoms with Crippen LogP contribution in [0.3, 0.4) is 0 Å². The van der Waals surface area contributed by atoms with Gasteiger partial charge in [-0.25, -0.2) is 0 Å². The first-order valence-electron chi connectivity index (χ1n) is 6.24. The van der Waals surface area contributed by atoms with Crippen LogP contribution in [0, 0.1) is 11.3 Å². The molecule has 4 heteroatoms. The molecule has 0 aromatic rings. The first kappa shape index (κ1) is 10.1. The molecule has 2 aliphatic heterocycles. The van der Waals surface area contributed by atoms with Crippen molar-refractivity contribution in [2.75, 3.05) is 19.6 Å². The zero-order valence-electron chi connectivity index (χ0n) is 9.50. The summed E-state index contributed by atoms with van der Waals surface area (Å²) < 4.78 is 0. The molecular formula is C12H18N2O2. The quantitative estimate of drug-likeness (QED) is 0.703. The molecule has 0 aromatic carbocycles. The van der Waals surface area contributed by atoms with Crippen molar-refractivity contribution in [3.8, 4) is 0 Å². The minimum Gasteiger partial charge on any atom is -0.356 e. The molecule has 0 radical (unpaired) electrons. The molecule has 0 unspecified atom stereocenters. The number of likely N-dealkylation sites (tertiary alicyclic amines) is 1. The van der Waals surface area contributed by atoms with Crippen molar-refractivity contribution in [1.82, 2.24) is 10.2 Å². The summed E-state index contributed by atoms with van der Waals surface area (Å²) in [5, 5.41) is 2.92. The Bertz CT molecular complexity index is 328. The van der Waals surface area contributed by atoms with E-state index in [0.29, 0.717) is 18.2 Å². The van der Waals surface area contributed by atoms with Crippen LogP contribution in [-0.2, 0) is 9.59 Å². The number of hydrogen-bond acceptors (Lipinski definition) is 2. The highest BCUT2D eigenvalue weighted by molar-refractivity contribution is 5.81. The summed E-state index contributed by atoms with van der Waals surface area (Å²) in [4.78, 5) is 25.1. The van der Waals surface area contributed by atoms with Crippen molar-refractivity contribution in [2.45, 2.75) is 32.1 Å². The van der Waals surface area contributed by atoms with Gasteiger partial charge < -0.3 is 10.2 Å². The first-order chi connectivity index (χ1) is 7.69. The zero-order chi connectivity index (χ0) is 11.2. The zero-order valence-corrected chi connectivity index (χ0v) is 9.50. The number of carbonyl (C=O) groups is 2. The molecule has 4 nitrogen and oxygen atoms in total. The molecule has 2 amide bonds. The van der Waals surface area contributed by atoms with Crippen LogP contribution in [0.4, 0.5) is 0 Å². The highest BCUT2D eigenvalue weighted by atomic mass is 16.2. The van der Waals surface area contributed by atoms with Gasteiger partial charge in [0.2, 0.25) is 11.8 Å². The maximum Gasteiger partial charge on any atom is 0.225 e. The van der Waals surface area contributed by atoms with Gasteiger partial charge in [0.15, 0.2) is 0 Å². The molecule has 0 bridgehead atoms. The molecule has 88 valence electrons. The summed E-state index contributed by atoms with van der Waals surface area (Å²) in [6, 6.07) is 0. The van der Waals surface area contributed by atoms with E-state index in [2.05, 4.69) is 5.32 Å². The maximum absolute atomic E-state index is 11.9. The maximum atomic E-state index is 11.9. The van der Waals surface area contributed by atoms with Crippen molar-refractivity contribution in [3.05, 3.63) is 0 Å². The Hall–Kier alpha value is -1.06. The third-order valence-electron chi connectivity index (χ3n) is 4.26. The summed E-state index contributed by atoms with van der Waals surface area (Å²) in [6.07, 6.45) is 4.81. The molecule has 1 spiro atoms. The number of nitrogens with zero attached hydrogens (tertiary/aromatic N) is 1. The molecule has 0 atom stereocenters. The number of hydrogen-bond donors (Lipinski definition) is 1. The Morgan fingerprint density at radius 2 is 2.00 bits per heavy atom. The normalized spacial score (nSPS) is 28.2. The van der Waals surface area contributed by atoms with Crippen LogP contribution in [0.5, 0.6) is 0 Å². The summed E-state index contributed by atoms with van der Waals surface area (Å²) in [6.45, 7) is 2.52. The van der Waals surface area contributed by atoms with Crippen LogP contribution in [-0.4, -0.2) is 36.3 Å². The average molecular weight is 222 g/mol. The summed E-state index contributed by atoms with van der Waals surface area (Å²) in [5.74, 6) is 0.867. The van der Waals surface area contributed by atoms with Crippen molar-refractivity contribution in [1.29, 1.82) is 0 Å². The number of amides is 2. The smallest absolute Gasteiger partial charge is 0.225 e. The van der Waals surface area contributed by atoms with Gasteiger partial charge in [-0.1, -0.05) is 0 Å². The lowest BCUT2D eigenvalue weighted by Gasteiger charge is -2.38. The topological polar surface area (TPSA) is 49.4 Å². The van der Waals surface area contributed by atoms with Crippen molar-refractivity contribution < 1.29 is 9.59 Å². The van der Waals surface area contributed by atoms with Crippen LogP contribution in [0.1, 0.15) is 32.1 Å². The lowest BCUT2D eigenvalue weighted by atomic mass is 9.77. The fourth-order valence-electron chi connectivity index (χ4n) is 2.90. The Balaban J connectivity index is 1.59.